The fraction of sp³-hybridized carbons (Fsp3) is 0.636. The predicted octanol–water partition coefficient (Wildman–Crippen LogP) is 4.25. The molecule has 0 aromatic carbocycles. The van der Waals surface area contributed by atoms with Crippen LogP contribution in [0.5, 0.6) is 0 Å². The number of carbonyl (C=O) groups excluding carboxylic acids is 1. The molecule has 0 bridgehead atoms. The van der Waals surface area contributed by atoms with Crippen molar-refractivity contribution in [3.63, 3.8) is 0 Å². The van der Waals surface area contributed by atoms with Crippen LogP contribution in [-0.2, 0) is 4.79 Å². The van der Waals surface area contributed by atoms with Gasteiger partial charge in [-0.05, 0) is 72.7 Å². The lowest BCUT2D eigenvalue weighted by atomic mass is 9.56. The molecule has 0 spiro atoms. The van der Waals surface area contributed by atoms with Gasteiger partial charge in [-0.25, -0.2) is 0 Å². The molecule has 1 N–H and O–H groups in total. The zero-order chi connectivity index (χ0) is 17.8. The lowest BCUT2D eigenvalue weighted by Gasteiger charge is -2.50. The Hall–Kier alpha value is -1.66. The summed E-state index contributed by atoms with van der Waals surface area (Å²) in [5.74, 6) is 1.26. The molecule has 0 aliphatic heterocycles. The van der Waals surface area contributed by atoms with Gasteiger partial charge in [-0.2, -0.15) is 5.26 Å². The van der Waals surface area contributed by atoms with Crippen molar-refractivity contribution in [1.82, 2.24) is 0 Å². The van der Waals surface area contributed by atoms with Gasteiger partial charge in [0.15, 0.2) is 5.78 Å². The molecule has 1 fully saturated rings. The van der Waals surface area contributed by atoms with Crippen molar-refractivity contribution in [1.29, 1.82) is 5.26 Å². The third-order valence-electron chi connectivity index (χ3n) is 7.69. The minimum atomic E-state index is -0.924. The summed E-state index contributed by atoms with van der Waals surface area (Å²) in [6, 6.07) is 2.25. The molecule has 5 atom stereocenters. The average molecular weight is 337 g/mol. The number of nitriles is 1. The first-order valence-corrected chi connectivity index (χ1v) is 9.72. The Kier molecular flexibility index (Phi) is 3.81. The van der Waals surface area contributed by atoms with Gasteiger partial charge in [0.1, 0.15) is 0 Å². The molecule has 1 saturated carbocycles. The molecule has 25 heavy (non-hydrogen) atoms. The number of carbonyl (C=O) groups is 1. The average Bonchev–Trinajstić information content (AvgIpc) is 2.83. The largest absolute Gasteiger partial charge is 0.388 e. The van der Waals surface area contributed by atoms with E-state index < -0.39 is 5.60 Å². The quantitative estimate of drug-likeness (QED) is 0.819. The van der Waals surface area contributed by atoms with E-state index in [0.29, 0.717) is 18.3 Å². The van der Waals surface area contributed by atoms with Crippen LogP contribution in [0.4, 0.5) is 0 Å². The highest BCUT2D eigenvalue weighted by Crippen LogP contribution is 2.65. The van der Waals surface area contributed by atoms with Crippen LogP contribution in [0.25, 0.3) is 0 Å². The van der Waals surface area contributed by atoms with Crippen molar-refractivity contribution >= 4 is 5.78 Å². The number of hydrogen-bond acceptors (Lipinski definition) is 3. The molecule has 0 saturated heterocycles. The van der Waals surface area contributed by atoms with Crippen LogP contribution in [-0.4, -0.2) is 16.5 Å². The Morgan fingerprint density at radius 1 is 1.36 bits per heavy atom. The number of fused-ring (bicyclic) bond motifs is 4. The number of nitrogens with zero attached hydrogens (tertiary/aromatic N) is 1. The summed E-state index contributed by atoms with van der Waals surface area (Å²) in [6.07, 6.45) is 11.9. The van der Waals surface area contributed by atoms with Crippen molar-refractivity contribution in [3.8, 4) is 6.07 Å². The second-order valence-corrected chi connectivity index (χ2v) is 8.44. The predicted molar refractivity (Wildman–Crippen MR) is 96.4 cm³/mol. The summed E-state index contributed by atoms with van der Waals surface area (Å²) >= 11 is 0. The van der Waals surface area contributed by atoms with E-state index in [0.717, 1.165) is 32.1 Å². The van der Waals surface area contributed by atoms with Crippen LogP contribution in [0, 0.1) is 34.5 Å². The summed E-state index contributed by atoms with van der Waals surface area (Å²) in [6.45, 7) is 4.27. The summed E-state index contributed by atoms with van der Waals surface area (Å²) in [5, 5.41) is 20.9. The minimum absolute atomic E-state index is 0.135. The molecule has 0 radical (unpaired) electrons. The van der Waals surface area contributed by atoms with Crippen LogP contribution < -0.4 is 0 Å². The van der Waals surface area contributed by atoms with E-state index >= 15 is 0 Å². The molecule has 0 heterocycles. The molecule has 4 aliphatic carbocycles. The molecule has 3 nitrogen and oxygen atoms in total. The van der Waals surface area contributed by atoms with Gasteiger partial charge in [0.05, 0.1) is 18.1 Å². The lowest BCUT2D eigenvalue weighted by molar-refractivity contribution is -0.114. The van der Waals surface area contributed by atoms with Gasteiger partial charge < -0.3 is 5.11 Å². The van der Waals surface area contributed by atoms with Gasteiger partial charge in [0.25, 0.3) is 0 Å². The van der Waals surface area contributed by atoms with Gasteiger partial charge in [-0.1, -0.05) is 26.0 Å². The number of hydrogen-bond donors (Lipinski definition) is 1. The number of rotatable bonds is 2. The normalized spacial score (nSPS) is 42.4. The first-order chi connectivity index (χ1) is 12.0. The van der Waals surface area contributed by atoms with E-state index in [1.54, 1.807) is 0 Å². The molecular formula is C22H27NO2. The van der Waals surface area contributed by atoms with E-state index in [9.17, 15) is 15.2 Å². The second-order valence-electron chi connectivity index (χ2n) is 8.44. The second kappa shape index (κ2) is 5.68. The first kappa shape index (κ1) is 16.8. The summed E-state index contributed by atoms with van der Waals surface area (Å²) in [5.41, 5.74) is 2.83. The SMILES string of the molecule is CC[C@]12C=CC3=C4CCC(=O)C=C4CC[C@H]3[C@@H]1CC(C)[C@@]2(O)CC#N. The molecule has 4 rings (SSSR count). The minimum Gasteiger partial charge on any atom is -0.388 e. The van der Waals surface area contributed by atoms with E-state index in [1.165, 1.54) is 16.7 Å². The van der Waals surface area contributed by atoms with Gasteiger partial charge in [-0.3, -0.25) is 4.79 Å². The maximum atomic E-state index is 11.8. The Balaban J connectivity index is 1.84. The third-order valence-corrected chi connectivity index (χ3v) is 7.69. The number of ketones is 1. The highest BCUT2D eigenvalue weighted by molar-refractivity contribution is 5.93. The molecule has 0 aromatic heterocycles. The van der Waals surface area contributed by atoms with Gasteiger partial charge >= 0.3 is 0 Å². The lowest BCUT2D eigenvalue weighted by Crippen LogP contribution is -2.51. The van der Waals surface area contributed by atoms with Crippen molar-refractivity contribution < 1.29 is 9.90 Å². The van der Waals surface area contributed by atoms with Crippen molar-refractivity contribution in [2.24, 2.45) is 23.2 Å². The molecule has 0 amide bonds. The third kappa shape index (κ3) is 2.10. The Labute approximate surface area is 150 Å². The van der Waals surface area contributed by atoms with Crippen molar-refractivity contribution in [2.75, 3.05) is 0 Å². The summed E-state index contributed by atoms with van der Waals surface area (Å²) < 4.78 is 0. The van der Waals surface area contributed by atoms with Gasteiger partial charge in [0, 0.05) is 11.8 Å². The van der Waals surface area contributed by atoms with E-state index in [2.05, 4.69) is 32.1 Å². The van der Waals surface area contributed by atoms with Crippen LogP contribution in [0.3, 0.4) is 0 Å². The van der Waals surface area contributed by atoms with Crippen LogP contribution in [0.2, 0.25) is 0 Å². The molecular weight excluding hydrogens is 310 g/mol. The van der Waals surface area contributed by atoms with Crippen molar-refractivity contribution in [2.45, 2.75) is 64.4 Å². The number of allylic oxidation sites excluding steroid dienone is 5. The Morgan fingerprint density at radius 2 is 2.16 bits per heavy atom. The summed E-state index contributed by atoms with van der Waals surface area (Å²) in [7, 11) is 0. The maximum Gasteiger partial charge on any atom is 0.156 e. The smallest absolute Gasteiger partial charge is 0.156 e. The Morgan fingerprint density at radius 3 is 2.88 bits per heavy atom. The zero-order valence-electron chi connectivity index (χ0n) is 15.2. The first-order valence-electron chi connectivity index (χ1n) is 9.72. The van der Waals surface area contributed by atoms with Crippen LogP contribution >= 0.6 is 0 Å². The molecule has 1 unspecified atom stereocenters. The monoisotopic (exact) mass is 337 g/mol. The molecule has 132 valence electrons. The van der Waals surface area contributed by atoms with Crippen LogP contribution in [0.15, 0.2) is 34.9 Å². The van der Waals surface area contributed by atoms with Gasteiger partial charge in [-0.15, -0.1) is 0 Å². The fourth-order valence-corrected chi connectivity index (χ4v) is 6.39. The molecule has 4 aliphatic rings. The van der Waals surface area contributed by atoms with Crippen molar-refractivity contribution in [3.05, 3.63) is 34.9 Å². The molecule has 0 aromatic rings. The van der Waals surface area contributed by atoms with E-state index in [4.69, 9.17) is 0 Å². The maximum absolute atomic E-state index is 11.8. The highest BCUT2D eigenvalue weighted by atomic mass is 16.3. The number of aliphatic hydroxyl groups is 1. The van der Waals surface area contributed by atoms with E-state index in [1.807, 2.05) is 6.08 Å². The van der Waals surface area contributed by atoms with Crippen LogP contribution in [0.1, 0.15) is 58.8 Å². The fourth-order valence-electron chi connectivity index (χ4n) is 6.39. The topological polar surface area (TPSA) is 61.1 Å². The standard InChI is InChI=1S/C22H27NO2/c1-3-21-9-8-18-17-7-5-16(24)13-15(17)4-6-19(18)20(21)12-14(2)22(21,25)10-11-23/h8-9,13-14,19-20,25H,3-7,10,12H2,1-2H3/t14?,19-,20+,21+,22+/m1/s1. The highest BCUT2D eigenvalue weighted by Gasteiger charge is 2.63. The van der Waals surface area contributed by atoms with Gasteiger partial charge in [0.2, 0.25) is 0 Å². The Bertz CT molecular complexity index is 752. The summed E-state index contributed by atoms with van der Waals surface area (Å²) in [4.78, 5) is 11.8. The molecule has 3 heteroatoms. The van der Waals surface area contributed by atoms with E-state index in [-0.39, 0.29) is 23.5 Å². The zero-order valence-corrected chi connectivity index (χ0v) is 15.2.